The average molecular weight is 260 g/mol. The minimum atomic E-state index is -0.348. The van der Waals surface area contributed by atoms with E-state index in [9.17, 15) is 4.79 Å². The zero-order valence-electron chi connectivity index (χ0n) is 11.0. The van der Waals surface area contributed by atoms with Crippen molar-refractivity contribution in [3.63, 3.8) is 0 Å². The van der Waals surface area contributed by atoms with Crippen LogP contribution < -0.4 is 15.4 Å². The fraction of sp³-hybridized carbons (Fsp3) is 0.533. The Balaban J connectivity index is 1.49. The van der Waals surface area contributed by atoms with Crippen molar-refractivity contribution in [3.8, 4) is 5.75 Å². The molecule has 4 nitrogen and oxygen atoms in total. The van der Waals surface area contributed by atoms with Gasteiger partial charge in [0.05, 0.1) is 0 Å². The molecule has 1 unspecified atom stereocenters. The van der Waals surface area contributed by atoms with E-state index in [4.69, 9.17) is 4.74 Å². The molecule has 2 heterocycles. The molecule has 0 spiro atoms. The number of hydrogen-bond acceptors (Lipinski definition) is 3. The van der Waals surface area contributed by atoms with Crippen LogP contribution in [0.25, 0.3) is 0 Å². The van der Waals surface area contributed by atoms with Crippen LogP contribution in [0.2, 0.25) is 0 Å². The van der Waals surface area contributed by atoms with Crippen molar-refractivity contribution in [3.05, 3.63) is 29.8 Å². The van der Waals surface area contributed by atoms with Gasteiger partial charge in [0, 0.05) is 13.0 Å². The first-order chi connectivity index (χ1) is 9.33. The molecular weight excluding hydrogens is 240 g/mol. The van der Waals surface area contributed by atoms with E-state index in [1.807, 2.05) is 24.3 Å². The van der Waals surface area contributed by atoms with Gasteiger partial charge in [0.25, 0.3) is 5.91 Å². The van der Waals surface area contributed by atoms with Crippen LogP contribution in [0.15, 0.2) is 24.3 Å². The number of amides is 1. The summed E-state index contributed by atoms with van der Waals surface area (Å²) < 4.78 is 5.68. The van der Waals surface area contributed by atoms with Crippen molar-refractivity contribution in [2.24, 2.45) is 5.92 Å². The third kappa shape index (κ3) is 2.89. The van der Waals surface area contributed by atoms with E-state index in [1.165, 1.54) is 0 Å². The normalized spacial score (nSPS) is 22.6. The van der Waals surface area contributed by atoms with E-state index < -0.39 is 0 Å². The summed E-state index contributed by atoms with van der Waals surface area (Å²) in [6, 6.07) is 7.87. The lowest BCUT2D eigenvalue weighted by Crippen LogP contribution is -2.41. The minimum Gasteiger partial charge on any atom is -0.480 e. The molecule has 1 aromatic rings. The molecule has 102 valence electrons. The molecule has 2 aliphatic heterocycles. The lowest BCUT2D eigenvalue weighted by atomic mass is 9.98. The van der Waals surface area contributed by atoms with Gasteiger partial charge in [0.1, 0.15) is 5.75 Å². The van der Waals surface area contributed by atoms with E-state index in [1.54, 1.807) is 0 Å². The number of benzene rings is 1. The summed E-state index contributed by atoms with van der Waals surface area (Å²) in [6.45, 7) is 2.90. The van der Waals surface area contributed by atoms with Crippen molar-refractivity contribution >= 4 is 5.91 Å². The highest BCUT2D eigenvalue weighted by atomic mass is 16.5. The van der Waals surface area contributed by atoms with Gasteiger partial charge in [0.15, 0.2) is 6.10 Å². The lowest BCUT2D eigenvalue weighted by Gasteiger charge is -2.23. The molecule has 1 saturated heterocycles. The van der Waals surface area contributed by atoms with Crippen molar-refractivity contribution < 1.29 is 9.53 Å². The number of carbonyl (C=O) groups excluding carboxylic acids is 1. The Kier molecular flexibility index (Phi) is 3.69. The molecule has 1 atom stereocenters. The molecule has 2 N–H and O–H groups in total. The Bertz CT molecular complexity index is 430. The van der Waals surface area contributed by atoms with Gasteiger partial charge >= 0.3 is 0 Å². The van der Waals surface area contributed by atoms with Crippen LogP contribution in [0.1, 0.15) is 18.4 Å². The molecule has 1 fully saturated rings. The Labute approximate surface area is 113 Å². The quantitative estimate of drug-likeness (QED) is 0.856. The van der Waals surface area contributed by atoms with Gasteiger partial charge in [-0.25, -0.2) is 0 Å². The first-order valence-electron chi connectivity index (χ1n) is 7.06. The van der Waals surface area contributed by atoms with Crippen LogP contribution in [0, 0.1) is 5.92 Å². The molecule has 4 heteroatoms. The molecular formula is C15H20N2O2. The molecule has 0 bridgehead atoms. The minimum absolute atomic E-state index is 0.0229. The van der Waals surface area contributed by atoms with E-state index in [2.05, 4.69) is 10.6 Å². The zero-order chi connectivity index (χ0) is 13.1. The van der Waals surface area contributed by atoms with Crippen LogP contribution in [0.3, 0.4) is 0 Å². The Hall–Kier alpha value is -1.55. The predicted molar refractivity (Wildman–Crippen MR) is 73.2 cm³/mol. The summed E-state index contributed by atoms with van der Waals surface area (Å²) in [5, 5.41) is 6.37. The summed E-state index contributed by atoms with van der Waals surface area (Å²) in [4.78, 5) is 12.1. The molecule has 1 amide bonds. The lowest BCUT2D eigenvalue weighted by molar-refractivity contribution is -0.127. The molecule has 1 aromatic carbocycles. The zero-order valence-corrected chi connectivity index (χ0v) is 11.0. The highest BCUT2D eigenvalue weighted by Gasteiger charge is 2.28. The number of rotatable bonds is 3. The SMILES string of the molecule is O=C(NCC1CCNCC1)C1Cc2ccccc2O1. The maximum Gasteiger partial charge on any atom is 0.261 e. The fourth-order valence-electron chi connectivity index (χ4n) is 2.77. The van der Waals surface area contributed by atoms with E-state index in [0.717, 1.165) is 43.8 Å². The second kappa shape index (κ2) is 5.61. The number of ether oxygens (including phenoxy) is 1. The summed E-state index contributed by atoms with van der Waals surface area (Å²) in [6.07, 6.45) is 2.63. The molecule has 19 heavy (non-hydrogen) atoms. The van der Waals surface area contributed by atoms with Crippen molar-refractivity contribution in [2.45, 2.75) is 25.4 Å². The second-order valence-corrected chi connectivity index (χ2v) is 5.36. The van der Waals surface area contributed by atoms with Gasteiger partial charge in [0.2, 0.25) is 0 Å². The van der Waals surface area contributed by atoms with E-state index in [-0.39, 0.29) is 12.0 Å². The maximum atomic E-state index is 12.1. The molecule has 0 radical (unpaired) electrons. The van der Waals surface area contributed by atoms with E-state index >= 15 is 0 Å². The van der Waals surface area contributed by atoms with Crippen LogP contribution in [0.5, 0.6) is 5.75 Å². The topological polar surface area (TPSA) is 50.4 Å². The summed E-state index contributed by atoms with van der Waals surface area (Å²) in [5.41, 5.74) is 1.13. The third-order valence-electron chi connectivity index (χ3n) is 3.96. The van der Waals surface area contributed by atoms with Crippen molar-refractivity contribution in [2.75, 3.05) is 19.6 Å². The van der Waals surface area contributed by atoms with Crippen LogP contribution in [-0.2, 0) is 11.2 Å². The molecule has 3 rings (SSSR count). The largest absolute Gasteiger partial charge is 0.480 e. The van der Waals surface area contributed by atoms with Crippen LogP contribution >= 0.6 is 0 Å². The number of para-hydroxylation sites is 1. The van der Waals surface area contributed by atoms with Gasteiger partial charge in [-0.05, 0) is 43.5 Å². The van der Waals surface area contributed by atoms with Crippen molar-refractivity contribution in [1.29, 1.82) is 0 Å². The highest BCUT2D eigenvalue weighted by molar-refractivity contribution is 5.82. The Morgan fingerprint density at radius 3 is 2.89 bits per heavy atom. The second-order valence-electron chi connectivity index (χ2n) is 5.36. The maximum absolute atomic E-state index is 12.1. The molecule has 2 aliphatic rings. The van der Waals surface area contributed by atoms with Gasteiger partial charge in [-0.3, -0.25) is 4.79 Å². The highest BCUT2D eigenvalue weighted by Crippen LogP contribution is 2.28. The number of hydrogen-bond donors (Lipinski definition) is 2. The Morgan fingerprint density at radius 1 is 1.32 bits per heavy atom. The Morgan fingerprint density at radius 2 is 2.11 bits per heavy atom. The first-order valence-corrected chi connectivity index (χ1v) is 7.06. The number of fused-ring (bicyclic) bond motifs is 1. The summed E-state index contributed by atoms with van der Waals surface area (Å²) in [5.74, 6) is 1.48. The van der Waals surface area contributed by atoms with Crippen LogP contribution in [0.4, 0.5) is 0 Å². The van der Waals surface area contributed by atoms with Gasteiger partial charge in [-0.2, -0.15) is 0 Å². The predicted octanol–water partition coefficient (Wildman–Crippen LogP) is 1.11. The third-order valence-corrected chi connectivity index (χ3v) is 3.96. The molecule has 0 saturated carbocycles. The number of carbonyl (C=O) groups is 1. The molecule has 0 aromatic heterocycles. The van der Waals surface area contributed by atoms with E-state index in [0.29, 0.717) is 12.3 Å². The summed E-state index contributed by atoms with van der Waals surface area (Å²) >= 11 is 0. The standard InChI is InChI=1S/C15H20N2O2/c18-15(17-10-11-5-7-16-8-6-11)14-9-12-3-1-2-4-13(12)19-14/h1-4,11,14,16H,5-10H2,(H,17,18). The average Bonchev–Trinajstić information content (AvgIpc) is 2.90. The van der Waals surface area contributed by atoms with Gasteiger partial charge < -0.3 is 15.4 Å². The van der Waals surface area contributed by atoms with Crippen LogP contribution in [-0.4, -0.2) is 31.6 Å². The van der Waals surface area contributed by atoms with Gasteiger partial charge in [-0.1, -0.05) is 18.2 Å². The van der Waals surface area contributed by atoms with Crippen molar-refractivity contribution in [1.82, 2.24) is 10.6 Å². The first kappa shape index (κ1) is 12.5. The fourth-order valence-corrected chi connectivity index (χ4v) is 2.77. The van der Waals surface area contributed by atoms with Gasteiger partial charge in [-0.15, -0.1) is 0 Å². The summed E-state index contributed by atoms with van der Waals surface area (Å²) in [7, 11) is 0. The number of nitrogens with one attached hydrogen (secondary N) is 2. The monoisotopic (exact) mass is 260 g/mol. The smallest absolute Gasteiger partial charge is 0.261 e. The molecule has 0 aliphatic carbocycles. The number of piperidine rings is 1.